The number of benzene rings is 1. The molecule has 1 aromatic rings. The largest absolute Gasteiger partial charge is 0.481 e. The van der Waals surface area contributed by atoms with Gasteiger partial charge in [-0.05, 0) is 49.1 Å². The van der Waals surface area contributed by atoms with E-state index in [1.807, 2.05) is 6.92 Å². The van der Waals surface area contributed by atoms with Gasteiger partial charge in [-0.2, -0.15) is 0 Å². The molecule has 1 fully saturated rings. The molecule has 0 spiro atoms. The Kier molecular flexibility index (Phi) is 5.68. The molecule has 0 aliphatic heterocycles. The highest BCUT2D eigenvalue weighted by Crippen LogP contribution is 2.30. The quantitative estimate of drug-likeness (QED) is 0.874. The molecule has 0 bridgehead atoms. The molecule has 1 unspecified atom stereocenters. The van der Waals surface area contributed by atoms with Crippen molar-refractivity contribution in [2.45, 2.75) is 64.8 Å². The van der Waals surface area contributed by atoms with Crippen LogP contribution in [0.1, 0.15) is 70.5 Å². The summed E-state index contributed by atoms with van der Waals surface area (Å²) in [5.74, 6) is -1.03. The summed E-state index contributed by atoms with van der Waals surface area (Å²) in [6.45, 7) is 8.54. The fourth-order valence-corrected chi connectivity index (χ4v) is 3.29. The van der Waals surface area contributed by atoms with E-state index in [-0.39, 0.29) is 29.2 Å². The minimum absolute atomic E-state index is 0.0382. The molecule has 2 N–H and O–H groups in total. The second kappa shape index (κ2) is 7.37. The number of aliphatic carboxylic acids is 1. The minimum Gasteiger partial charge on any atom is -0.481 e. The minimum atomic E-state index is -0.735. The zero-order chi connectivity index (χ0) is 17.9. The zero-order valence-corrected chi connectivity index (χ0v) is 15.1. The van der Waals surface area contributed by atoms with Crippen LogP contribution >= 0.6 is 0 Å². The van der Waals surface area contributed by atoms with Crippen LogP contribution in [0.3, 0.4) is 0 Å². The van der Waals surface area contributed by atoms with Crippen LogP contribution in [0.5, 0.6) is 0 Å². The molecule has 4 nitrogen and oxygen atoms in total. The third-order valence-electron chi connectivity index (χ3n) is 5.08. The average molecular weight is 331 g/mol. The van der Waals surface area contributed by atoms with E-state index in [1.54, 1.807) is 0 Å². The molecule has 1 aromatic carbocycles. The monoisotopic (exact) mass is 331 g/mol. The molecule has 4 heteroatoms. The second-order valence-electron chi connectivity index (χ2n) is 7.99. The van der Waals surface area contributed by atoms with Crippen molar-refractivity contribution < 1.29 is 14.7 Å². The Hall–Kier alpha value is -1.84. The first-order chi connectivity index (χ1) is 11.2. The third-order valence-corrected chi connectivity index (χ3v) is 5.08. The average Bonchev–Trinajstić information content (AvgIpc) is 2.54. The summed E-state index contributed by atoms with van der Waals surface area (Å²) < 4.78 is 0. The lowest BCUT2D eigenvalue weighted by Gasteiger charge is -2.27. The fraction of sp³-hybridized carbons (Fsp3) is 0.600. The van der Waals surface area contributed by atoms with Gasteiger partial charge >= 0.3 is 5.97 Å². The predicted molar refractivity (Wildman–Crippen MR) is 94.8 cm³/mol. The second-order valence-corrected chi connectivity index (χ2v) is 7.99. The number of amides is 1. The van der Waals surface area contributed by atoms with Crippen molar-refractivity contribution >= 4 is 11.9 Å². The van der Waals surface area contributed by atoms with Crippen LogP contribution in [-0.4, -0.2) is 17.0 Å². The lowest BCUT2D eigenvalue weighted by molar-refractivity contribution is -0.144. The fourth-order valence-electron chi connectivity index (χ4n) is 3.29. The van der Waals surface area contributed by atoms with E-state index < -0.39 is 5.97 Å². The van der Waals surface area contributed by atoms with Gasteiger partial charge in [0.2, 0.25) is 5.91 Å². The van der Waals surface area contributed by atoms with E-state index in [2.05, 4.69) is 50.4 Å². The molecule has 0 aromatic heterocycles. The van der Waals surface area contributed by atoms with Gasteiger partial charge in [0.15, 0.2) is 0 Å². The maximum atomic E-state index is 12.4. The Balaban J connectivity index is 1.91. The van der Waals surface area contributed by atoms with E-state index in [4.69, 9.17) is 5.11 Å². The SMILES string of the molecule is CC(NC(=O)C1CCC(C(=O)O)CC1)c1ccc(C(C)(C)C)cc1. The number of hydrogen-bond donors (Lipinski definition) is 2. The van der Waals surface area contributed by atoms with E-state index in [9.17, 15) is 9.59 Å². The van der Waals surface area contributed by atoms with Gasteiger partial charge in [0.1, 0.15) is 0 Å². The summed E-state index contributed by atoms with van der Waals surface area (Å²) in [6, 6.07) is 8.36. The Labute approximate surface area is 144 Å². The number of nitrogens with one attached hydrogen (secondary N) is 1. The highest BCUT2D eigenvalue weighted by Gasteiger charge is 2.30. The van der Waals surface area contributed by atoms with Crippen LogP contribution in [0, 0.1) is 11.8 Å². The standard InChI is InChI=1S/C20H29NO3/c1-13(14-9-11-17(12-10-14)20(2,3)4)21-18(22)15-5-7-16(8-6-15)19(23)24/h9-13,15-16H,5-8H2,1-4H3,(H,21,22)(H,23,24). The number of rotatable bonds is 4. The molecule has 1 saturated carbocycles. The summed E-state index contributed by atoms with van der Waals surface area (Å²) in [5, 5.41) is 12.1. The summed E-state index contributed by atoms with van der Waals surface area (Å²) in [5.41, 5.74) is 2.49. The lowest BCUT2D eigenvalue weighted by Crippen LogP contribution is -2.35. The Bertz CT molecular complexity index is 578. The van der Waals surface area contributed by atoms with Crippen LogP contribution in [0.4, 0.5) is 0 Å². The van der Waals surface area contributed by atoms with Crippen molar-refractivity contribution in [3.8, 4) is 0 Å². The van der Waals surface area contributed by atoms with Gasteiger partial charge in [-0.25, -0.2) is 0 Å². The van der Waals surface area contributed by atoms with Gasteiger partial charge in [-0.15, -0.1) is 0 Å². The Morgan fingerprint density at radius 2 is 1.54 bits per heavy atom. The number of carboxylic acid groups (broad SMARTS) is 1. The van der Waals surface area contributed by atoms with Gasteiger partial charge in [0.25, 0.3) is 0 Å². The smallest absolute Gasteiger partial charge is 0.306 e. The predicted octanol–water partition coefficient (Wildman–Crippen LogP) is 4.05. The molecule has 24 heavy (non-hydrogen) atoms. The molecule has 0 saturated heterocycles. The van der Waals surface area contributed by atoms with Gasteiger partial charge in [0, 0.05) is 5.92 Å². The van der Waals surface area contributed by atoms with E-state index in [0.717, 1.165) is 5.56 Å². The lowest BCUT2D eigenvalue weighted by atomic mass is 9.81. The molecule has 2 rings (SSSR count). The van der Waals surface area contributed by atoms with Crippen LogP contribution in [-0.2, 0) is 15.0 Å². The first-order valence-electron chi connectivity index (χ1n) is 8.82. The normalized spacial score (nSPS) is 22.7. The van der Waals surface area contributed by atoms with E-state index in [0.29, 0.717) is 25.7 Å². The number of carbonyl (C=O) groups excluding carboxylic acids is 1. The topological polar surface area (TPSA) is 66.4 Å². The number of carbonyl (C=O) groups is 2. The van der Waals surface area contributed by atoms with Crippen molar-refractivity contribution in [1.82, 2.24) is 5.32 Å². The van der Waals surface area contributed by atoms with Crippen molar-refractivity contribution in [3.63, 3.8) is 0 Å². The first-order valence-corrected chi connectivity index (χ1v) is 8.82. The Morgan fingerprint density at radius 1 is 1.04 bits per heavy atom. The summed E-state index contributed by atoms with van der Waals surface area (Å²) >= 11 is 0. The van der Waals surface area contributed by atoms with Crippen LogP contribution in [0.25, 0.3) is 0 Å². The molecule has 1 amide bonds. The molecule has 132 valence electrons. The molecular weight excluding hydrogens is 302 g/mol. The number of carboxylic acids is 1. The zero-order valence-electron chi connectivity index (χ0n) is 15.1. The first kappa shape index (κ1) is 18.5. The highest BCUT2D eigenvalue weighted by atomic mass is 16.4. The van der Waals surface area contributed by atoms with Crippen LogP contribution < -0.4 is 5.32 Å². The van der Waals surface area contributed by atoms with Gasteiger partial charge in [0.05, 0.1) is 12.0 Å². The van der Waals surface area contributed by atoms with Crippen molar-refractivity contribution in [2.24, 2.45) is 11.8 Å². The maximum Gasteiger partial charge on any atom is 0.306 e. The van der Waals surface area contributed by atoms with E-state index >= 15 is 0 Å². The van der Waals surface area contributed by atoms with Gasteiger partial charge in [-0.1, -0.05) is 45.0 Å². The molecule has 0 heterocycles. The van der Waals surface area contributed by atoms with Gasteiger partial charge < -0.3 is 10.4 Å². The van der Waals surface area contributed by atoms with E-state index in [1.165, 1.54) is 5.56 Å². The number of hydrogen-bond acceptors (Lipinski definition) is 2. The highest BCUT2D eigenvalue weighted by molar-refractivity contribution is 5.79. The molecule has 1 atom stereocenters. The third kappa shape index (κ3) is 4.59. The van der Waals surface area contributed by atoms with Crippen molar-refractivity contribution in [1.29, 1.82) is 0 Å². The Morgan fingerprint density at radius 3 is 2.00 bits per heavy atom. The molecule has 1 aliphatic carbocycles. The molecular formula is C20H29NO3. The van der Waals surface area contributed by atoms with Crippen molar-refractivity contribution in [2.75, 3.05) is 0 Å². The van der Waals surface area contributed by atoms with Gasteiger partial charge in [-0.3, -0.25) is 9.59 Å². The van der Waals surface area contributed by atoms with Crippen LogP contribution in [0.2, 0.25) is 0 Å². The van der Waals surface area contributed by atoms with Crippen molar-refractivity contribution in [3.05, 3.63) is 35.4 Å². The summed E-state index contributed by atoms with van der Waals surface area (Å²) in [6.07, 6.45) is 2.53. The van der Waals surface area contributed by atoms with Crippen LogP contribution in [0.15, 0.2) is 24.3 Å². The molecule has 1 aliphatic rings. The molecule has 0 radical (unpaired) electrons. The summed E-state index contributed by atoms with van der Waals surface area (Å²) in [7, 11) is 0. The summed E-state index contributed by atoms with van der Waals surface area (Å²) in [4.78, 5) is 23.4. The maximum absolute atomic E-state index is 12.4.